The van der Waals surface area contributed by atoms with Gasteiger partial charge in [0.2, 0.25) is 5.91 Å². The molecule has 0 aliphatic rings. The molecule has 4 rings (SSSR count). The summed E-state index contributed by atoms with van der Waals surface area (Å²) in [7, 11) is 3.26. The van der Waals surface area contributed by atoms with Crippen molar-refractivity contribution in [3.8, 4) is 11.5 Å². The zero-order valence-electron chi connectivity index (χ0n) is 16.9. The Morgan fingerprint density at radius 1 is 0.900 bits per heavy atom. The van der Waals surface area contributed by atoms with Gasteiger partial charge in [-0.25, -0.2) is 4.98 Å². The second-order valence-electron chi connectivity index (χ2n) is 6.82. The van der Waals surface area contributed by atoms with E-state index in [2.05, 4.69) is 0 Å². The molecule has 3 aromatic carbocycles. The molecule has 0 aliphatic heterocycles. The highest BCUT2D eigenvalue weighted by atomic mass is 32.1. The molecule has 152 valence electrons. The predicted octanol–water partition coefficient (Wildman–Crippen LogP) is 5.09. The fourth-order valence-electron chi connectivity index (χ4n) is 3.18. The fraction of sp³-hybridized carbons (Fsp3) is 0.167. The van der Waals surface area contributed by atoms with E-state index in [1.807, 2.05) is 72.8 Å². The maximum atomic E-state index is 13.3. The third-order valence-corrected chi connectivity index (χ3v) is 5.87. The summed E-state index contributed by atoms with van der Waals surface area (Å²) in [6.45, 7) is 0.465. The lowest BCUT2D eigenvalue weighted by Crippen LogP contribution is -2.31. The Bertz CT molecular complexity index is 1140. The smallest absolute Gasteiger partial charge is 0.233 e. The van der Waals surface area contributed by atoms with E-state index in [4.69, 9.17) is 14.5 Å². The lowest BCUT2D eigenvalue weighted by molar-refractivity contribution is -0.118. The van der Waals surface area contributed by atoms with Gasteiger partial charge in [-0.15, -0.1) is 0 Å². The number of aromatic nitrogens is 1. The van der Waals surface area contributed by atoms with Crippen LogP contribution in [-0.4, -0.2) is 25.1 Å². The SMILES string of the molecule is COc1ccc(CC(=O)N(Cc2ccccc2)c2nc3cc(OC)ccc3s2)cc1. The van der Waals surface area contributed by atoms with Crippen LogP contribution in [0.25, 0.3) is 10.2 Å². The number of hydrogen-bond donors (Lipinski definition) is 0. The zero-order valence-corrected chi connectivity index (χ0v) is 17.7. The summed E-state index contributed by atoms with van der Waals surface area (Å²) in [6, 6.07) is 23.3. The van der Waals surface area contributed by atoms with Crippen molar-refractivity contribution in [1.29, 1.82) is 0 Å². The molecule has 1 heterocycles. The largest absolute Gasteiger partial charge is 0.497 e. The number of fused-ring (bicyclic) bond motifs is 1. The number of hydrogen-bond acceptors (Lipinski definition) is 5. The van der Waals surface area contributed by atoms with Gasteiger partial charge in [0.1, 0.15) is 11.5 Å². The first-order valence-electron chi connectivity index (χ1n) is 9.58. The highest BCUT2D eigenvalue weighted by Crippen LogP contribution is 2.32. The van der Waals surface area contributed by atoms with Gasteiger partial charge in [0, 0.05) is 6.07 Å². The van der Waals surface area contributed by atoms with Crippen LogP contribution in [0, 0.1) is 0 Å². The van der Waals surface area contributed by atoms with Gasteiger partial charge in [-0.05, 0) is 35.4 Å². The van der Waals surface area contributed by atoms with Crippen LogP contribution < -0.4 is 14.4 Å². The molecule has 0 aliphatic carbocycles. The molecule has 4 aromatic rings. The van der Waals surface area contributed by atoms with Gasteiger partial charge in [0.15, 0.2) is 5.13 Å². The number of carbonyl (C=O) groups is 1. The predicted molar refractivity (Wildman–Crippen MR) is 121 cm³/mol. The first-order chi connectivity index (χ1) is 14.7. The first-order valence-corrected chi connectivity index (χ1v) is 10.4. The van der Waals surface area contributed by atoms with Gasteiger partial charge >= 0.3 is 0 Å². The summed E-state index contributed by atoms with van der Waals surface area (Å²) in [5, 5.41) is 0.681. The minimum atomic E-state index is -0.00459. The van der Waals surface area contributed by atoms with E-state index in [1.54, 1.807) is 19.1 Å². The molecule has 0 saturated heterocycles. The summed E-state index contributed by atoms with van der Waals surface area (Å²) in [5.74, 6) is 1.51. The number of methoxy groups -OCH3 is 2. The molecule has 30 heavy (non-hydrogen) atoms. The van der Waals surface area contributed by atoms with E-state index < -0.39 is 0 Å². The number of benzene rings is 3. The Labute approximate surface area is 179 Å². The van der Waals surface area contributed by atoms with Crippen LogP contribution in [0.15, 0.2) is 72.8 Å². The standard InChI is InChI=1S/C24H22N2O3S/c1-28-19-10-8-17(9-11-19)14-23(27)26(16-18-6-4-3-5-7-18)24-25-21-15-20(29-2)12-13-22(21)30-24/h3-13,15H,14,16H2,1-2H3. The van der Waals surface area contributed by atoms with Gasteiger partial charge < -0.3 is 9.47 Å². The number of amides is 1. The van der Waals surface area contributed by atoms with Crippen LogP contribution in [0.5, 0.6) is 11.5 Å². The lowest BCUT2D eigenvalue weighted by Gasteiger charge is -2.20. The molecule has 5 nitrogen and oxygen atoms in total. The monoisotopic (exact) mass is 418 g/mol. The molecule has 1 aromatic heterocycles. The minimum Gasteiger partial charge on any atom is -0.497 e. The Kier molecular flexibility index (Phi) is 5.95. The highest BCUT2D eigenvalue weighted by molar-refractivity contribution is 7.22. The number of ether oxygens (including phenoxy) is 2. The first kappa shape index (κ1) is 19.9. The third kappa shape index (κ3) is 4.44. The maximum absolute atomic E-state index is 13.3. The summed E-state index contributed by atoms with van der Waals surface area (Å²) in [4.78, 5) is 19.8. The van der Waals surface area contributed by atoms with Crippen molar-refractivity contribution >= 4 is 32.6 Å². The fourth-order valence-corrected chi connectivity index (χ4v) is 4.14. The molecule has 6 heteroatoms. The van der Waals surface area contributed by atoms with Gasteiger partial charge in [-0.2, -0.15) is 0 Å². The summed E-state index contributed by atoms with van der Waals surface area (Å²) in [5.41, 5.74) is 2.81. The van der Waals surface area contributed by atoms with E-state index in [1.165, 1.54) is 11.3 Å². The molecule has 0 saturated carbocycles. The zero-order chi connectivity index (χ0) is 20.9. The van der Waals surface area contributed by atoms with Crippen molar-refractivity contribution in [1.82, 2.24) is 4.98 Å². The van der Waals surface area contributed by atoms with Crippen LogP contribution in [0.1, 0.15) is 11.1 Å². The summed E-state index contributed by atoms with van der Waals surface area (Å²) >= 11 is 1.51. The van der Waals surface area contributed by atoms with E-state index >= 15 is 0 Å². The highest BCUT2D eigenvalue weighted by Gasteiger charge is 2.21. The minimum absolute atomic E-state index is 0.00459. The Balaban J connectivity index is 1.65. The van der Waals surface area contributed by atoms with Crippen LogP contribution >= 0.6 is 11.3 Å². The molecular weight excluding hydrogens is 396 g/mol. The second kappa shape index (κ2) is 8.97. The van der Waals surface area contributed by atoms with Crippen molar-refractivity contribution in [2.24, 2.45) is 0 Å². The number of anilines is 1. The molecule has 0 unspecified atom stereocenters. The van der Waals surface area contributed by atoms with Gasteiger partial charge in [0.05, 0.1) is 37.4 Å². The Hall–Kier alpha value is -3.38. The third-order valence-electron chi connectivity index (χ3n) is 4.81. The topological polar surface area (TPSA) is 51.7 Å². The normalized spacial score (nSPS) is 10.7. The molecule has 0 fully saturated rings. The molecular formula is C24H22N2O3S. The quantitative estimate of drug-likeness (QED) is 0.420. The molecule has 0 atom stereocenters. The average molecular weight is 419 g/mol. The second-order valence-corrected chi connectivity index (χ2v) is 7.83. The van der Waals surface area contributed by atoms with Crippen LogP contribution in [0.3, 0.4) is 0 Å². The van der Waals surface area contributed by atoms with E-state index in [0.717, 1.165) is 32.8 Å². The van der Waals surface area contributed by atoms with Gasteiger partial charge in [-0.1, -0.05) is 53.8 Å². The average Bonchev–Trinajstić information content (AvgIpc) is 3.21. The number of rotatable bonds is 7. The van der Waals surface area contributed by atoms with Crippen molar-refractivity contribution < 1.29 is 14.3 Å². The Morgan fingerprint density at radius 3 is 2.30 bits per heavy atom. The van der Waals surface area contributed by atoms with Crippen molar-refractivity contribution in [3.63, 3.8) is 0 Å². The van der Waals surface area contributed by atoms with E-state index in [0.29, 0.717) is 11.7 Å². The van der Waals surface area contributed by atoms with E-state index in [9.17, 15) is 4.79 Å². The van der Waals surface area contributed by atoms with Crippen LogP contribution in [0.4, 0.5) is 5.13 Å². The van der Waals surface area contributed by atoms with Crippen molar-refractivity contribution in [3.05, 3.63) is 83.9 Å². The summed E-state index contributed by atoms with van der Waals surface area (Å²) in [6.07, 6.45) is 0.288. The molecule has 0 N–H and O–H groups in total. The van der Waals surface area contributed by atoms with Gasteiger partial charge in [-0.3, -0.25) is 9.69 Å². The molecule has 0 radical (unpaired) electrons. The lowest BCUT2D eigenvalue weighted by atomic mass is 10.1. The summed E-state index contributed by atoms with van der Waals surface area (Å²) < 4.78 is 11.5. The Morgan fingerprint density at radius 2 is 1.60 bits per heavy atom. The molecule has 1 amide bonds. The number of nitrogens with zero attached hydrogens (tertiary/aromatic N) is 2. The maximum Gasteiger partial charge on any atom is 0.233 e. The number of carbonyl (C=O) groups excluding carboxylic acids is 1. The van der Waals surface area contributed by atoms with E-state index in [-0.39, 0.29) is 12.3 Å². The molecule has 0 bridgehead atoms. The van der Waals surface area contributed by atoms with Crippen molar-refractivity contribution in [2.45, 2.75) is 13.0 Å². The van der Waals surface area contributed by atoms with Gasteiger partial charge in [0.25, 0.3) is 0 Å². The number of thiazole rings is 1. The molecule has 0 spiro atoms. The van der Waals surface area contributed by atoms with Crippen LogP contribution in [0.2, 0.25) is 0 Å². The van der Waals surface area contributed by atoms with Crippen LogP contribution in [-0.2, 0) is 17.8 Å². The van der Waals surface area contributed by atoms with Crippen molar-refractivity contribution in [2.75, 3.05) is 19.1 Å².